The number of hydrogen-bond acceptors (Lipinski definition) is 7. The Balaban J connectivity index is 1.26. The quantitative estimate of drug-likeness (QED) is 0.445. The Bertz CT molecular complexity index is 1480. The highest BCUT2D eigenvalue weighted by Gasteiger charge is 2.24. The van der Waals surface area contributed by atoms with Gasteiger partial charge in [-0.3, -0.25) is 23.6 Å². The van der Waals surface area contributed by atoms with Crippen molar-refractivity contribution < 1.29 is 4.79 Å². The van der Waals surface area contributed by atoms with Crippen LogP contribution < -0.4 is 11.2 Å². The zero-order valence-electron chi connectivity index (χ0n) is 19.0. The van der Waals surface area contributed by atoms with Crippen LogP contribution >= 0.6 is 11.3 Å². The van der Waals surface area contributed by atoms with Gasteiger partial charge in [-0.15, -0.1) is 11.3 Å². The molecule has 0 unspecified atom stereocenters. The molecule has 1 amide bonds. The van der Waals surface area contributed by atoms with Crippen molar-refractivity contribution in [3.63, 3.8) is 0 Å². The highest BCUT2D eigenvalue weighted by atomic mass is 32.1. The summed E-state index contributed by atoms with van der Waals surface area (Å²) in [6, 6.07) is 11.7. The molecule has 0 N–H and O–H groups in total. The van der Waals surface area contributed by atoms with Gasteiger partial charge < -0.3 is 4.90 Å². The first-order chi connectivity index (χ1) is 16.4. The Labute approximate surface area is 199 Å². The van der Waals surface area contributed by atoms with Crippen LogP contribution in [0.3, 0.4) is 0 Å². The number of aryl methyl sites for hydroxylation is 1. The molecule has 34 heavy (non-hydrogen) atoms. The van der Waals surface area contributed by atoms with Crippen LogP contribution in [0, 0.1) is 0 Å². The van der Waals surface area contributed by atoms with E-state index in [1.165, 1.54) is 17.8 Å². The maximum atomic E-state index is 13.1. The van der Waals surface area contributed by atoms with Crippen LogP contribution in [-0.2, 0) is 20.6 Å². The first kappa shape index (κ1) is 22.2. The van der Waals surface area contributed by atoms with Gasteiger partial charge >= 0.3 is 5.69 Å². The highest BCUT2D eigenvalue weighted by molar-refractivity contribution is 7.13. The number of pyridine rings is 1. The smallest absolute Gasteiger partial charge is 0.332 e. The molecule has 0 radical (unpaired) electrons. The van der Waals surface area contributed by atoms with E-state index in [9.17, 15) is 14.4 Å². The van der Waals surface area contributed by atoms with E-state index in [1.807, 2.05) is 18.2 Å². The van der Waals surface area contributed by atoms with E-state index in [4.69, 9.17) is 4.98 Å². The molecular weight excluding hydrogens is 452 g/mol. The zero-order chi connectivity index (χ0) is 23.8. The molecular formula is C24H24N6O3S. The molecule has 0 saturated carbocycles. The zero-order valence-corrected chi connectivity index (χ0v) is 19.8. The summed E-state index contributed by atoms with van der Waals surface area (Å²) in [5.74, 6) is -0.162. The third kappa shape index (κ3) is 4.06. The van der Waals surface area contributed by atoms with E-state index >= 15 is 0 Å². The number of rotatable bonds is 4. The largest absolute Gasteiger partial charge is 0.336 e. The molecule has 5 rings (SSSR count). The summed E-state index contributed by atoms with van der Waals surface area (Å²) in [4.78, 5) is 50.8. The molecule has 1 aliphatic heterocycles. The number of piperazine rings is 1. The van der Waals surface area contributed by atoms with Gasteiger partial charge in [-0.2, -0.15) is 0 Å². The standard InChI is InChI=1S/C24H24N6O3S/c1-27-20-19(23(32)28(2)24(27)33)12-17(13-25-20)22(31)30-10-8-29(9-11-30)14-18-15-34-21(26-18)16-6-4-3-5-7-16/h3-7,12-13,15H,8-11,14H2,1-2H3. The monoisotopic (exact) mass is 476 g/mol. The molecule has 9 nitrogen and oxygen atoms in total. The Morgan fingerprint density at radius 3 is 2.50 bits per heavy atom. The van der Waals surface area contributed by atoms with Gasteiger partial charge in [0.25, 0.3) is 11.5 Å². The first-order valence-corrected chi connectivity index (χ1v) is 11.9. The van der Waals surface area contributed by atoms with E-state index in [2.05, 4.69) is 27.4 Å². The number of nitrogens with zero attached hydrogens (tertiary/aromatic N) is 6. The molecule has 1 aromatic carbocycles. The summed E-state index contributed by atoms with van der Waals surface area (Å²) in [5.41, 5.74) is 1.87. The molecule has 0 atom stereocenters. The van der Waals surface area contributed by atoms with Crippen LogP contribution in [0.5, 0.6) is 0 Å². The van der Waals surface area contributed by atoms with Crippen molar-refractivity contribution in [1.29, 1.82) is 0 Å². The lowest BCUT2D eigenvalue weighted by atomic mass is 10.2. The number of aromatic nitrogens is 4. The number of hydrogen-bond donors (Lipinski definition) is 0. The fraction of sp³-hybridized carbons (Fsp3) is 0.292. The van der Waals surface area contributed by atoms with Crippen LogP contribution in [0.15, 0.2) is 57.6 Å². The van der Waals surface area contributed by atoms with Crippen LogP contribution in [-0.4, -0.2) is 61.0 Å². The van der Waals surface area contributed by atoms with Gasteiger partial charge in [-0.1, -0.05) is 30.3 Å². The van der Waals surface area contributed by atoms with Gasteiger partial charge in [0, 0.05) is 64.0 Å². The number of amides is 1. The summed E-state index contributed by atoms with van der Waals surface area (Å²) in [6.07, 6.45) is 1.44. The van der Waals surface area contributed by atoms with Crippen molar-refractivity contribution in [2.75, 3.05) is 26.2 Å². The van der Waals surface area contributed by atoms with Crippen LogP contribution in [0.25, 0.3) is 21.6 Å². The molecule has 3 aromatic heterocycles. The molecule has 1 aliphatic rings. The predicted molar refractivity (Wildman–Crippen MR) is 131 cm³/mol. The van der Waals surface area contributed by atoms with E-state index in [-0.39, 0.29) is 16.9 Å². The van der Waals surface area contributed by atoms with Crippen molar-refractivity contribution in [2.45, 2.75) is 6.54 Å². The number of benzene rings is 1. The minimum Gasteiger partial charge on any atom is -0.336 e. The van der Waals surface area contributed by atoms with Crippen molar-refractivity contribution >= 4 is 28.3 Å². The van der Waals surface area contributed by atoms with Crippen LogP contribution in [0.1, 0.15) is 16.1 Å². The van der Waals surface area contributed by atoms with E-state index in [1.54, 1.807) is 29.4 Å². The second-order valence-corrected chi connectivity index (χ2v) is 9.24. The molecule has 174 valence electrons. The second kappa shape index (κ2) is 8.96. The fourth-order valence-electron chi connectivity index (χ4n) is 4.20. The molecule has 4 aromatic rings. The van der Waals surface area contributed by atoms with E-state index < -0.39 is 11.2 Å². The predicted octanol–water partition coefficient (Wildman–Crippen LogP) is 1.71. The number of fused-ring (bicyclic) bond motifs is 1. The minimum atomic E-state index is -0.455. The van der Waals surface area contributed by atoms with Crippen LogP contribution in [0.2, 0.25) is 0 Å². The summed E-state index contributed by atoms with van der Waals surface area (Å²) < 4.78 is 2.34. The molecule has 0 spiro atoms. The van der Waals surface area contributed by atoms with Gasteiger partial charge in [0.2, 0.25) is 0 Å². The third-order valence-electron chi connectivity index (χ3n) is 6.16. The Kier molecular flexibility index (Phi) is 5.84. The minimum absolute atomic E-state index is 0.162. The number of carbonyl (C=O) groups is 1. The molecule has 1 fully saturated rings. The average Bonchev–Trinajstić information content (AvgIpc) is 3.35. The van der Waals surface area contributed by atoms with Crippen molar-refractivity contribution in [2.24, 2.45) is 14.1 Å². The number of thiazole rings is 1. The SMILES string of the molecule is Cn1c(=O)c2cc(C(=O)N3CCN(Cc4csc(-c5ccccc5)n4)CC3)cnc2n(C)c1=O. The summed E-state index contributed by atoms with van der Waals surface area (Å²) >= 11 is 1.64. The first-order valence-electron chi connectivity index (χ1n) is 11.0. The highest BCUT2D eigenvalue weighted by Crippen LogP contribution is 2.24. The summed E-state index contributed by atoms with van der Waals surface area (Å²) in [7, 11) is 2.98. The molecule has 1 saturated heterocycles. The summed E-state index contributed by atoms with van der Waals surface area (Å²) in [6.45, 7) is 3.38. The fourth-order valence-corrected chi connectivity index (χ4v) is 5.01. The van der Waals surface area contributed by atoms with Gasteiger partial charge in [0.05, 0.1) is 16.6 Å². The lowest BCUT2D eigenvalue weighted by Crippen LogP contribution is -2.48. The molecule has 0 bridgehead atoms. The van der Waals surface area contributed by atoms with Gasteiger partial charge in [0.1, 0.15) is 10.7 Å². The number of carbonyl (C=O) groups excluding carboxylic acids is 1. The maximum absolute atomic E-state index is 13.1. The van der Waals surface area contributed by atoms with E-state index in [0.717, 1.165) is 40.5 Å². The Morgan fingerprint density at radius 1 is 1.03 bits per heavy atom. The Hall–Kier alpha value is -3.63. The maximum Gasteiger partial charge on any atom is 0.332 e. The van der Waals surface area contributed by atoms with Crippen molar-refractivity contribution in [1.82, 2.24) is 28.9 Å². The van der Waals surface area contributed by atoms with Crippen molar-refractivity contribution in [3.05, 3.63) is 80.1 Å². The second-order valence-electron chi connectivity index (χ2n) is 8.38. The van der Waals surface area contributed by atoms with E-state index in [0.29, 0.717) is 18.7 Å². The normalized spacial score (nSPS) is 14.6. The molecule has 4 heterocycles. The van der Waals surface area contributed by atoms with Crippen molar-refractivity contribution in [3.8, 4) is 10.6 Å². The van der Waals surface area contributed by atoms with Gasteiger partial charge in [-0.25, -0.2) is 14.8 Å². The van der Waals surface area contributed by atoms with Crippen LogP contribution in [0.4, 0.5) is 0 Å². The summed E-state index contributed by atoms with van der Waals surface area (Å²) in [5, 5.41) is 3.36. The molecule has 10 heteroatoms. The van der Waals surface area contributed by atoms with Gasteiger partial charge in [0.15, 0.2) is 0 Å². The lowest BCUT2D eigenvalue weighted by molar-refractivity contribution is 0.0627. The Morgan fingerprint density at radius 2 is 1.76 bits per heavy atom. The lowest BCUT2D eigenvalue weighted by Gasteiger charge is -2.34. The molecule has 0 aliphatic carbocycles. The average molecular weight is 477 g/mol. The van der Waals surface area contributed by atoms with Gasteiger partial charge in [-0.05, 0) is 6.07 Å². The topological polar surface area (TPSA) is 93.3 Å². The third-order valence-corrected chi connectivity index (χ3v) is 7.10.